The molecule has 2 aromatic rings. The van der Waals surface area contributed by atoms with Crippen LogP contribution < -0.4 is 10.1 Å². The van der Waals surface area contributed by atoms with E-state index in [9.17, 15) is 0 Å². The average Bonchev–Trinajstić information content (AvgIpc) is 2.95. The molecule has 3 rings (SSSR count). The molecule has 0 saturated carbocycles. The number of aromatic nitrogens is 2. The summed E-state index contributed by atoms with van der Waals surface area (Å²) >= 11 is 0. The van der Waals surface area contributed by atoms with Gasteiger partial charge in [0.1, 0.15) is 5.75 Å². The summed E-state index contributed by atoms with van der Waals surface area (Å²) in [7, 11) is 1.72. The quantitative estimate of drug-likeness (QED) is 0.929. The van der Waals surface area contributed by atoms with E-state index in [0.717, 1.165) is 31.7 Å². The summed E-state index contributed by atoms with van der Waals surface area (Å²) in [6, 6.07) is 6.60. The van der Waals surface area contributed by atoms with Gasteiger partial charge in [0.15, 0.2) is 0 Å². The second-order valence-electron chi connectivity index (χ2n) is 5.24. The summed E-state index contributed by atoms with van der Waals surface area (Å²) in [5.41, 5.74) is 3.95. The molecule has 4 nitrogen and oxygen atoms in total. The molecular formula is C16H21N3O. The fraction of sp³-hybridized carbons (Fsp3) is 0.438. The molecule has 0 aliphatic carbocycles. The van der Waals surface area contributed by atoms with Crippen LogP contribution in [0.15, 0.2) is 30.6 Å². The number of hydrogen-bond donors (Lipinski definition) is 1. The van der Waals surface area contributed by atoms with Crippen LogP contribution in [0.5, 0.6) is 5.75 Å². The second kappa shape index (κ2) is 5.67. The first kappa shape index (κ1) is 13.2. The highest BCUT2D eigenvalue weighted by molar-refractivity contribution is 5.42. The molecule has 0 radical (unpaired) electrons. The summed E-state index contributed by atoms with van der Waals surface area (Å²) in [4.78, 5) is 0. The van der Waals surface area contributed by atoms with Crippen LogP contribution in [0.25, 0.3) is 0 Å². The third-order valence-corrected chi connectivity index (χ3v) is 3.84. The number of nitrogens with zero attached hydrogens (tertiary/aromatic N) is 2. The molecule has 1 aliphatic heterocycles. The molecule has 1 aliphatic rings. The molecule has 2 heterocycles. The van der Waals surface area contributed by atoms with Gasteiger partial charge in [0, 0.05) is 24.8 Å². The second-order valence-corrected chi connectivity index (χ2v) is 5.24. The van der Waals surface area contributed by atoms with Gasteiger partial charge in [-0.25, -0.2) is 0 Å². The average molecular weight is 271 g/mol. The predicted molar refractivity (Wildman–Crippen MR) is 79.1 cm³/mol. The number of hydrogen-bond acceptors (Lipinski definition) is 3. The number of fused-ring (bicyclic) bond motifs is 1. The zero-order valence-electron chi connectivity index (χ0n) is 12.1. The van der Waals surface area contributed by atoms with Gasteiger partial charge < -0.3 is 10.1 Å². The van der Waals surface area contributed by atoms with Crippen molar-refractivity contribution in [1.82, 2.24) is 15.1 Å². The van der Waals surface area contributed by atoms with Crippen molar-refractivity contribution in [3.63, 3.8) is 0 Å². The number of nitrogens with one attached hydrogen (secondary N) is 1. The molecule has 1 N–H and O–H groups in total. The monoisotopic (exact) mass is 271 g/mol. The Hall–Kier alpha value is -1.81. The van der Waals surface area contributed by atoms with Gasteiger partial charge in [-0.2, -0.15) is 5.10 Å². The maximum atomic E-state index is 5.32. The first-order valence-corrected chi connectivity index (χ1v) is 7.24. The molecule has 1 unspecified atom stereocenters. The minimum atomic E-state index is 0.246. The van der Waals surface area contributed by atoms with Crippen molar-refractivity contribution in [1.29, 1.82) is 0 Å². The third-order valence-electron chi connectivity index (χ3n) is 3.84. The van der Waals surface area contributed by atoms with Gasteiger partial charge in [-0.15, -0.1) is 0 Å². The first-order chi connectivity index (χ1) is 9.81. The molecule has 1 atom stereocenters. The van der Waals surface area contributed by atoms with E-state index in [0.29, 0.717) is 0 Å². The Morgan fingerprint density at radius 2 is 2.35 bits per heavy atom. The normalized spacial score (nSPS) is 17.8. The number of benzene rings is 1. The molecule has 4 heteroatoms. The van der Waals surface area contributed by atoms with Crippen molar-refractivity contribution in [3.05, 3.63) is 47.3 Å². The summed E-state index contributed by atoms with van der Waals surface area (Å²) in [5, 5.41) is 8.03. The first-order valence-electron chi connectivity index (χ1n) is 7.24. The lowest BCUT2D eigenvalue weighted by Gasteiger charge is -2.26. The van der Waals surface area contributed by atoms with E-state index in [4.69, 9.17) is 4.74 Å². The summed E-state index contributed by atoms with van der Waals surface area (Å²) in [6.07, 6.45) is 6.28. The number of aryl methyl sites for hydroxylation is 1. The minimum absolute atomic E-state index is 0.246. The van der Waals surface area contributed by atoms with E-state index in [-0.39, 0.29) is 6.04 Å². The van der Waals surface area contributed by atoms with Crippen LogP contribution in [0.3, 0.4) is 0 Å². The Kier molecular flexibility index (Phi) is 3.74. The van der Waals surface area contributed by atoms with Crippen molar-refractivity contribution in [3.8, 4) is 5.75 Å². The summed E-state index contributed by atoms with van der Waals surface area (Å²) < 4.78 is 7.34. The molecule has 0 amide bonds. The van der Waals surface area contributed by atoms with E-state index in [1.165, 1.54) is 16.7 Å². The highest BCUT2D eigenvalue weighted by Crippen LogP contribution is 2.30. The Bertz CT molecular complexity index is 591. The van der Waals surface area contributed by atoms with Gasteiger partial charge in [-0.05, 0) is 36.1 Å². The van der Waals surface area contributed by atoms with E-state index in [1.54, 1.807) is 7.11 Å². The van der Waals surface area contributed by atoms with Crippen molar-refractivity contribution < 1.29 is 4.74 Å². The van der Waals surface area contributed by atoms with Crippen LogP contribution in [-0.4, -0.2) is 23.4 Å². The minimum Gasteiger partial charge on any atom is -0.497 e. The zero-order chi connectivity index (χ0) is 13.9. The number of methoxy groups -OCH3 is 1. The van der Waals surface area contributed by atoms with Gasteiger partial charge >= 0.3 is 0 Å². The van der Waals surface area contributed by atoms with Crippen LogP contribution in [0, 0.1) is 0 Å². The van der Waals surface area contributed by atoms with E-state index in [2.05, 4.69) is 35.7 Å². The molecule has 0 bridgehead atoms. The standard InChI is InChI=1S/C16H21N3O/c1-3-8-19-11-13(10-18-19)16-15-5-4-14(20-2)9-12(15)6-7-17-16/h4-5,9-11,16-17H,3,6-8H2,1-2H3. The lowest BCUT2D eigenvalue weighted by Crippen LogP contribution is -2.30. The SMILES string of the molecule is CCCn1cc(C2NCCc3cc(OC)ccc32)cn1. The summed E-state index contributed by atoms with van der Waals surface area (Å²) in [5.74, 6) is 0.936. The Labute approximate surface area is 119 Å². The maximum Gasteiger partial charge on any atom is 0.119 e. The summed E-state index contributed by atoms with van der Waals surface area (Å²) in [6.45, 7) is 4.13. The van der Waals surface area contributed by atoms with Gasteiger partial charge in [-0.1, -0.05) is 13.0 Å². The predicted octanol–water partition coefficient (Wildman–Crippen LogP) is 2.54. The Morgan fingerprint density at radius 1 is 1.45 bits per heavy atom. The van der Waals surface area contributed by atoms with E-state index >= 15 is 0 Å². The van der Waals surface area contributed by atoms with Crippen LogP contribution in [0.4, 0.5) is 0 Å². The Morgan fingerprint density at radius 3 is 3.15 bits per heavy atom. The van der Waals surface area contributed by atoms with Crippen LogP contribution >= 0.6 is 0 Å². The highest BCUT2D eigenvalue weighted by atomic mass is 16.5. The van der Waals surface area contributed by atoms with E-state index < -0.39 is 0 Å². The zero-order valence-corrected chi connectivity index (χ0v) is 12.1. The fourth-order valence-corrected chi connectivity index (χ4v) is 2.85. The van der Waals surface area contributed by atoms with Gasteiger partial charge in [0.25, 0.3) is 0 Å². The molecule has 0 saturated heterocycles. The topological polar surface area (TPSA) is 39.1 Å². The van der Waals surface area contributed by atoms with Crippen LogP contribution in [0.1, 0.15) is 36.1 Å². The molecule has 106 valence electrons. The highest BCUT2D eigenvalue weighted by Gasteiger charge is 2.22. The molecule has 0 spiro atoms. The van der Waals surface area contributed by atoms with Crippen LogP contribution in [-0.2, 0) is 13.0 Å². The molecule has 0 fully saturated rings. The maximum absolute atomic E-state index is 5.32. The molecule has 1 aromatic carbocycles. The smallest absolute Gasteiger partial charge is 0.119 e. The van der Waals surface area contributed by atoms with Gasteiger partial charge in [-0.3, -0.25) is 4.68 Å². The lowest BCUT2D eigenvalue weighted by molar-refractivity contribution is 0.413. The Balaban J connectivity index is 1.92. The van der Waals surface area contributed by atoms with Crippen molar-refractivity contribution >= 4 is 0 Å². The van der Waals surface area contributed by atoms with Crippen molar-refractivity contribution in [2.24, 2.45) is 0 Å². The molecular weight excluding hydrogens is 250 g/mol. The van der Waals surface area contributed by atoms with Crippen molar-refractivity contribution in [2.75, 3.05) is 13.7 Å². The third kappa shape index (κ3) is 2.43. The van der Waals surface area contributed by atoms with Gasteiger partial charge in [0.05, 0.1) is 19.3 Å². The molecule has 20 heavy (non-hydrogen) atoms. The van der Waals surface area contributed by atoms with E-state index in [1.807, 2.05) is 16.9 Å². The van der Waals surface area contributed by atoms with Crippen molar-refractivity contribution in [2.45, 2.75) is 32.4 Å². The lowest BCUT2D eigenvalue weighted by atomic mass is 9.91. The number of ether oxygens (including phenoxy) is 1. The van der Waals surface area contributed by atoms with Gasteiger partial charge in [0.2, 0.25) is 0 Å². The number of rotatable bonds is 4. The fourth-order valence-electron chi connectivity index (χ4n) is 2.85. The van der Waals surface area contributed by atoms with Crippen LogP contribution in [0.2, 0.25) is 0 Å². The molecule has 1 aromatic heterocycles. The largest absolute Gasteiger partial charge is 0.497 e.